The van der Waals surface area contributed by atoms with Crippen molar-refractivity contribution in [3.05, 3.63) is 29.6 Å². The zero-order valence-corrected chi connectivity index (χ0v) is 17.9. The summed E-state index contributed by atoms with van der Waals surface area (Å²) in [6, 6.07) is 3.56. The summed E-state index contributed by atoms with van der Waals surface area (Å²) >= 11 is 0. The van der Waals surface area contributed by atoms with Crippen molar-refractivity contribution in [2.75, 3.05) is 31.1 Å². The first kappa shape index (κ1) is 21.8. The number of likely N-dealkylation sites (tertiary alicyclic amines) is 1. The molecule has 2 aromatic rings. The monoisotopic (exact) mass is 413 g/mol. The molecule has 0 saturated carbocycles. The topological polar surface area (TPSA) is 87.0 Å². The van der Waals surface area contributed by atoms with E-state index in [9.17, 15) is 14.4 Å². The molecule has 30 heavy (non-hydrogen) atoms. The minimum atomic E-state index is -0.173. The van der Waals surface area contributed by atoms with E-state index in [1.54, 1.807) is 17.2 Å². The van der Waals surface area contributed by atoms with Gasteiger partial charge in [0.1, 0.15) is 11.5 Å². The van der Waals surface area contributed by atoms with Gasteiger partial charge in [0, 0.05) is 38.8 Å². The first-order valence-corrected chi connectivity index (χ1v) is 10.9. The number of nitrogens with one attached hydrogen (secondary N) is 1. The molecule has 1 fully saturated rings. The van der Waals surface area contributed by atoms with E-state index < -0.39 is 0 Å². The van der Waals surface area contributed by atoms with Crippen LogP contribution < -0.4 is 10.2 Å². The van der Waals surface area contributed by atoms with E-state index in [1.807, 2.05) is 22.3 Å². The summed E-state index contributed by atoms with van der Waals surface area (Å²) in [5.41, 5.74) is 2.07. The highest BCUT2D eigenvalue weighted by Gasteiger charge is 2.20. The quantitative estimate of drug-likeness (QED) is 0.453. The Balaban J connectivity index is 1.71. The Morgan fingerprint density at radius 1 is 1.30 bits per heavy atom. The second kappa shape index (κ2) is 10.2. The Morgan fingerprint density at radius 3 is 2.80 bits per heavy atom. The van der Waals surface area contributed by atoms with Gasteiger partial charge in [-0.15, -0.1) is 0 Å². The highest BCUT2D eigenvalue weighted by atomic mass is 16.2. The van der Waals surface area contributed by atoms with Gasteiger partial charge in [0.05, 0.1) is 11.3 Å². The van der Waals surface area contributed by atoms with Crippen LogP contribution in [0, 0.1) is 0 Å². The molecule has 8 heteroatoms. The van der Waals surface area contributed by atoms with Crippen molar-refractivity contribution >= 4 is 29.7 Å². The van der Waals surface area contributed by atoms with E-state index in [4.69, 9.17) is 0 Å². The number of imidazole rings is 1. The predicted molar refractivity (Wildman–Crippen MR) is 116 cm³/mol. The van der Waals surface area contributed by atoms with E-state index in [-0.39, 0.29) is 11.8 Å². The normalized spacial score (nSPS) is 13.8. The molecule has 3 rings (SSSR count). The molecule has 0 atom stereocenters. The van der Waals surface area contributed by atoms with Crippen molar-refractivity contribution in [3.63, 3.8) is 0 Å². The van der Waals surface area contributed by atoms with Gasteiger partial charge in [-0.25, -0.2) is 4.98 Å². The standard InChI is InChI=1S/C22H31N5O3/c1-3-5-12-26(16-28)22-18(4-2)24-19-10-9-17(15-27(19)22)21(30)23-11-7-14-25-13-6-8-20(25)29/h9-10,15-16H,3-8,11-14H2,1-2H3,(H,23,30). The molecule has 2 aromatic heterocycles. The zero-order chi connectivity index (χ0) is 21.5. The number of unbranched alkanes of at least 4 members (excludes halogenated alkanes) is 1. The average Bonchev–Trinajstić information content (AvgIpc) is 3.34. The van der Waals surface area contributed by atoms with Crippen LogP contribution in [0.4, 0.5) is 5.82 Å². The molecule has 3 heterocycles. The Bertz CT molecular complexity index is 908. The Hall–Kier alpha value is -2.90. The lowest BCUT2D eigenvalue weighted by atomic mass is 10.2. The lowest BCUT2D eigenvalue weighted by Gasteiger charge is -2.18. The summed E-state index contributed by atoms with van der Waals surface area (Å²) in [7, 11) is 0. The van der Waals surface area contributed by atoms with Gasteiger partial charge < -0.3 is 10.2 Å². The molecule has 0 bridgehead atoms. The van der Waals surface area contributed by atoms with Crippen molar-refractivity contribution in [3.8, 4) is 0 Å². The van der Waals surface area contributed by atoms with Crippen molar-refractivity contribution in [1.82, 2.24) is 19.6 Å². The molecule has 3 amide bonds. The highest BCUT2D eigenvalue weighted by molar-refractivity contribution is 5.94. The summed E-state index contributed by atoms with van der Waals surface area (Å²) in [4.78, 5) is 44.2. The first-order chi connectivity index (χ1) is 14.6. The van der Waals surface area contributed by atoms with Crippen LogP contribution in [-0.4, -0.2) is 58.7 Å². The number of fused-ring (bicyclic) bond motifs is 1. The molecule has 1 saturated heterocycles. The summed E-state index contributed by atoms with van der Waals surface area (Å²) in [5.74, 6) is 0.764. The summed E-state index contributed by atoms with van der Waals surface area (Å²) in [6.07, 6.45) is 7.46. The second-order valence-electron chi connectivity index (χ2n) is 7.63. The Morgan fingerprint density at radius 2 is 2.13 bits per heavy atom. The number of aromatic nitrogens is 2. The molecule has 0 spiro atoms. The second-order valence-corrected chi connectivity index (χ2v) is 7.63. The van der Waals surface area contributed by atoms with Gasteiger partial charge in [0.25, 0.3) is 5.91 Å². The number of nitrogens with zero attached hydrogens (tertiary/aromatic N) is 4. The van der Waals surface area contributed by atoms with Gasteiger partial charge in [0.15, 0.2) is 0 Å². The Labute approximate surface area is 177 Å². The molecule has 0 aromatic carbocycles. The molecular formula is C22H31N5O3. The number of amides is 3. The third kappa shape index (κ3) is 4.80. The maximum atomic E-state index is 12.6. The number of anilines is 1. The molecule has 162 valence electrons. The number of rotatable bonds is 11. The van der Waals surface area contributed by atoms with E-state index in [0.717, 1.165) is 50.1 Å². The van der Waals surface area contributed by atoms with Crippen molar-refractivity contribution in [2.45, 2.75) is 52.4 Å². The van der Waals surface area contributed by atoms with Gasteiger partial charge in [-0.2, -0.15) is 0 Å². The van der Waals surface area contributed by atoms with E-state index >= 15 is 0 Å². The van der Waals surface area contributed by atoms with Crippen molar-refractivity contribution < 1.29 is 14.4 Å². The van der Waals surface area contributed by atoms with Crippen LogP contribution >= 0.6 is 0 Å². The van der Waals surface area contributed by atoms with Gasteiger partial charge in [0.2, 0.25) is 12.3 Å². The van der Waals surface area contributed by atoms with E-state index in [1.165, 1.54) is 0 Å². The number of hydrogen-bond acceptors (Lipinski definition) is 4. The van der Waals surface area contributed by atoms with Gasteiger partial charge >= 0.3 is 0 Å². The lowest BCUT2D eigenvalue weighted by molar-refractivity contribution is -0.127. The maximum absolute atomic E-state index is 12.6. The molecule has 8 nitrogen and oxygen atoms in total. The van der Waals surface area contributed by atoms with Crippen LogP contribution in [-0.2, 0) is 16.0 Å². The molecule has 0 radical (unpaired) electrons. The number of pyridine rings is 1. The number of carbonyl (C=O) groups excluding carboxylic acids is 3. The summed E-state index contributed by atoms with van der Waals surface area (Å²) in [5, 5.41) is 2.93. The fraction of sp³-hybridized carbons (Fsp3) is 0.545. The van der Waals surface area contributed by atoms with Crippen LogP contribution in [0.25, 0.3) is 5.65 Å². The maximum Gasteiger partial charge on any atom is 0.252 e. The van der Waals surface area contributed by atoms with E-state index in [2.05, 4.69) is 17.2 Å². The van der Waals surface area contributed by atoms with Crippen LogP contribution in [0.15, 0.2) is 18.3 Å². The lowest BCUT2D eigenvalue weighted by Crippen LogP contribution is -2.30. The summed E-state index contributed by atoms with van der Waals surface area (Å²) in [6.45, 7) is 6.71. The SMILES string of the molecule is CCCCN(C=O)c1c(CC)nc2ccc(C(=O)NCCCN3CCCC3=O)cn12. The fourth-order valence-electron chi connectivity index (χ4n) is 3.81. The molecule has 1 aliphatic heterocycles. The third-order valence-corrected chi connectivity index (χ3v) is 5.47. The third-order valence-electron chi connectivity index (χ3n) is 5.47. The molecule has 1 N–H and O–H groups in total. The van der Waals surface area contributed by atoms with Crippen LogP contribution in [0.2, 0.25) is 0 Å². The minimum Gasteiger partial charge on any atom is -0.352 e. The zero-order valence-electron chi connectivity index (χ0n) is 17.9. The van der Waals surface area contributed by atoms with Gasteiger partial charge in [-0.3, -0.25) is 23.7 Å². The molecule has 0 unspecified atom stereocenters. The predicted octanol–water partition coefficient (Wildman–Crippen LogP) is 2.40. The van der Waals surface area contributed by atoms with Gasteiger partial charge in [-0.1, -0.05) is 20.3 Å². The van der Waals surface area contributed by atoms with Crippen LogP contribution in [0.5, 0.6) is 0 Å². The van der Waals surface area contributed by atoms with E-state index in [0.29, 0.717) is 43.7 Å². The highest BCUT2D eigenvalue weighted by Crippen LogP contribution is 2.23. The number of aryl methyl sites for hydroxylation is 1. The average molecular weight is 414 g/mol. The molecular weight excluding hydrogens is 382 g/mol. The molecule has 0 aliphatic carbocycles. The number of carbonyl (C=O) groups is 3. The largest absolute Gasteiger partial charge is 0.352 e. The first-order valence-electron chi connectivity index (χ1n) is 10.9. The molecule has 1 aliphatic rings. The van der Waals surface area contributed by atoms with Gasteiger partial charge in [-0.05, 0) is 37.8 Å². The smallest absolute Gasteiger partial charge is 0.252 e. The fourth-order valence-corrected chi connectivity index (χ4v) is 3.81. The summed E-state index contributed by atoms with van der Waals surface area (Å²) < 4.78 is 1.83. The van der Waals surface area contributed by atoms with Crippen LogP contribution in [0.3, 0.4) is 0 Å². The van der Waals surface area contributed by atoms with Crippen molar-refractivity contribution in [2.24, 2.45) is 0 Å². The number of hydrogen-bond donors (Lipinski definition) is 1. The Kier molecular flexibility index (Phi) is 7.43. The minimum absolute atomic E-state index is 0.173. The van der Waals surface area contributed by atoms with Crippen molar-refractivity contribution in [1.29, 1.82) is 0 Å². The van der Waals surface area contributed by atoms with Crippen LogP contribution in [0.1, 0.15) is 62.0 Å².